The summed E-state index contributed by atoms with van der Waals surface area (Å²) in [6.45, 7) is 11.2. The fraction of sp³-hybridized carbons (Fsp3) is 0.708. The molecular weight excluding hydrogens is 352 g/mol. The summed E-state index contributed by atoms with van der Waals surface area (Å²) in [7, 11) is 0. The van der Waals surface area contributed by atoms with E-state index < -0.39 is 5.97 Å². The molecule has 2 unspecified atom stereocenters. The molecule has 152 valence electrons. The van der Waals surface area contributed by atoms with Gasteiger partial charge in [-0.1, -0.05) is 27.4 Å². The first-order valence-corrected chi connectivity index (χ1v) is 10.8. The van der Waals surface area contributed by atoms with Crippen LogP contribution in [0.25, 0.3) is 0 Å². The van der Waals surface area contributed by atoms with Crippen molar-refractivity contribution < 1.29 is 19.5 Å². The number of aliphatic carboxylic acids is 1. The molecule has 4 aliphatic carbocycles. The summed E-state index contributed by atoms with van der Waals surface area (Å²) in [5.41, 5.74) is 1.97. The number of carbonyl (C=O) groups excluding carboxylic acids is 2. The molecular formula is C24H32O4. The molecule has 0 saturated heterocycles. The number of fused-ring (bicyclic) bond motifs is 5. The monoisotopic (exact) mass is 384 g/mol. The number of rotatable bonds is 3. The second-order valence-electron chi connectivity index (χ2n) is 10.3. The number of carbonyl (C=O) groups is 3. The Bertz CT molecular complexity index is 792. The van der Waals surface area contributed by atoms with Gasteiger partial charge in [0.2, 0.25) is 11.6 Å². The van der Waals surface area contributed by atoms with Gasteiger partial charge in [-0.25, -0.2) is 0 Å². The summed E-state index contributed by atoms with van der Waals surface area (Å²) < 4.78 is 0. The number of ketones is 2. The minimum Gasteiger partial charge on any atom is -0.481 e. The van der Waals surface area contributed by atoms with E-state index in [1.807, 2.05) is 0 Å². The van der Waals surface area contributed by atoms with E-state index in [1.165, 1.54) is 0 Å². The highest BCUT2D eigenvalue weighted by Crippen LogP contribution is 2.68. The van der Waals surface area contributed by atoms with Gasteiger partial charge in [0.15, 0.2) is 0 Å². The number of hydrogen-bond donors (Lipinski definition) is 1. The van der Waals surface area contributed by atoms with Gasteiger partial charge in [-0.05, 0) is 84.3 Å². The molecule has 0 bridgehead atoms. The van der Waals surface area contributed by atoms with Crippen LogP contribution in [0.2, 0.25) is 0 Å². The molecule has 1 N–H and O–H groups in total. The third kappa shape index (κ3) is 2.59. The molecule has 0 heterocycles. The minimum absolute atomic E-state index is 0.178. The first-order valence-electron chi connectivity index (χ1n) is 10.8. The molecule has 3 saturated carbocycles. The van der Waals surface area contributed by atoms with E-state index in [4.69, 9.17) is 5.11 Å². The summed E-state index contributed by atoms with van der Waals surface area (Å²) in [4.78, 5) is 35.5. The van der Waals surface area contributed by atoms with Gasteiger partial charge in [0.05, 0.1) is 0 Å². The van der Waals surface area contributed by atoms with Crippen LogP contribution in [0.1, 0.15) is 65.7 Å². The van der Waals surface area contributed by atoms with Crippen LogP contribution in [0.3, 0.4) is 0 Å². The summed E-state index contributed by atoms with van der Waals surface area (Å²) in [5.74, 6) is 0.844. The number of carboxylic acids is 1. The Balaban J connectivity index is 1.69. The molecule has 0 radical (unpaired) electrons. The number of allylic oxidation sites excluding steroid dienone is 2. The molecule has 4 rings (SSSR count). The number of carboxylic acid groups (broad SMARTS) is 1. The second kappa shape index (κ2) is 6.40. The van der Waals surface area contributed by atoms with E-state index in [9.17, 15) is 14.4 Å². The molecule has 0 aliphatic heterocycles. The van der Waals surface area contributed by atoms with Crippen molar-refractivity contribution in [1.29, 1.82) is 0 Å². The standard InChI is InChI=1S/C24H32O4/c1-13-14(2)22-16-7-5-15(6-8-21(27)28)23(16,3)10-9-17(22)24(4)12-20(26)19(25)11-18(13)24/h11,14-17,22H,1,5-10,12H2,2-4H3,(H,27,28)/t14?,15?,16-,17+,22-,23+,24+/m0/s1. The highest BCUT2D eigenvalue weighted by molar-refractivity contribution is 6.42. The van der Waals surface area contributed by atoms with Crippen LogP contribution in [0.4, 0.5) is 0 Å². The van der Waals surface area contributed by atoms with Gasteiger partial charge < -0.3 is 5.11 Å². The molecule has 0 aromatic heterocycles. The molecule has 4 nitrogen and oxygen atoms in total. The lowest BCUT2D eigenvalue weighted by Gasteiger charge is -2.60. The van der Waals surface area contributed by atoms with Gasteiger partial charge in [-0.2, -0.15) is 0 Å². The normalized spacial score (nSPS) is 45.2. The third-order valence-electron chi connectivity index (χ3n) is 9.22. The van der Waals surface area contributed by atoms with Gasteiger partial charge in [-0.3, -0.25) is 14.4 Å². The van der Waals surface area contributed by atoms with Crippen LogP contribution in [-0.2, 0) is 14.4 Å². The number of hydrogen-bond acceptors (Lipinski definition) is 3. The Morgan fingerprint density at radius 3 is 2.61 bits per heavy atom. The van der Waals surface area contributed by atoms with Gasteiger partial charge >= 0.3 is 5.97 Å². The Labute approximate surface area is 167 Å². The predicted octanol–water partition coefficient (Wildman–Crippen LogP) is 4.59. The maximum absolute atomic E-state index is 12.3. The van der Waals surface area contributed by atoms with Crippen LogP contribution >= 0.6 is 0 Å². The average Bonchev–Trinajstić information content (AvgIpc) is 2.96. The van der Waals surface area contributed by atoms with E-state index in [0.29, 0.717) is 36.0 Å². The van der Waals surface area contributed by atoms with Crippen LogP contribution in [0.15, 0.2) is 23.8 Å². The zero-order chi connectivity index (χ0) is 20.4. The van der Waals surface area contributed by atoms with Crippen molar-refractivity contribution in [2.45, 2.75) is 65.7 Å². The largest absolute Gasteiger partial charge is 0.481 e. The van der Waals surface area contributed by atoms with E-state index in [-0.39, 0.29) is 28.8 Å². The lowest BCUT2D eigenvalue weighted by Crippen LogP contribution is -2.54. The Kier molecular flexibility index (Phi) is 4.48. The third-order valence-corrected chi connectivity index (χ3v) is 9.22. The molecule has 0 spiro atoms. The van der Waals surface area contributed by atoms with Crippen molar-refractivity contribution >= 4 is 17.5 Å². The lowest BCUT2D eigenvalue weighted by atomic mass is 9.43. The summed E-state index contributed by atoms with van der Waals surface area (Å²) in [6.07, 6.45) is 7.31. The van der Waals surface area contributed by atoms with Crippen molar-refractivity contribution in [3.8, 4) is 0 Å². The van der Waals surface area contributed by atoms with Crippen molar-refractivity contribution in [3.05, 3.63) is 23.8 Å². The SMILES string of the molecule is C=C1C2=CC(=O)C(=O)C[C@]2(C)[C@@H]2CC[C@]3(C)C(CCC(=O)O)CC[C@H]3[C@@H]2C1C. The van der Waals surface area contributed by atoms with Crippen LogP contribution < -0.4 is 0 Å². The second-order valence-corrected chi connectivity index (χ2v) is 10.3. The summed E-state index contributed by atoms with van der Waals surface area (Å²) in [5, 5.41) is 9.15. The topological polar surface area (TPSA) is 71.4 Å². The predicted molar refractivity (Wildman–Crippen MR) is 107 cm³/mol. The van der Waals surface area contributed by atoms with E-state index in [1.54, 1.807) is 6.08 Å². The molecule has 28 heavy (non-hydrogen) atoms. The van der Waals surface area contributed by atoms with Gasteiger partial charge in [0.25, 0.3) is 0 Å². The Morgan fingerprint density at radius 1 is 1.21 bits per heavy atom. The van der Waals surface area contributed by atoms with Gasteiger partial charge in [0.1, 0.15) is 0 Å². The fourth-order valence-corrected chi connectivity index (χ4v) is 7.68. The van der Waals surface area contributed by atoms with Crippen LogP contribution in [0, 0.1) is 40.4 Å². The highest BCUT2D eigenvalue weighted by Gasteiger charge is 2.61. The molecule has 7 atom stereocenters. The highest BCUT2D eigenvalue weighted by atomic mass is 16.4. The molecule has 0 aromatic rings. The van der Waals surface area contributed by atoms with E-state index in [2.05, 4.69) is 27.4 Å². The quantitative estimate of drug-likeness (QED) is 0.723. The fourth-order valence-electron chi connectivity index (χ4n) is 7.68. The van der Waals surface area contributed by atoms with Crippen molar-refractivity contribution in [2.75, 3.05) is 0 Å². The first kappa shape index (κ1) is 19.6. The Hall–Kier alpha value is -1.71. The molecule has 3 fully saturated rings. The average molecular weight is 385 g/mol. The van der Waals surface area contributed by atoms with Gasteiger partial charge in [-0.15, -0.1) is 0 Å². The first-order chi connectivity index (χ1) is 13.1. The molecule has 0 amide bonds. The maximum Gasteiger partial charge on any atom is 0.303 e. The van der Waals surface area contributed by atoms with E-state index in [0.717, 1.165) is 43.3 Å². The Morgan fingerprint density at radius 2 is 1.93 bits per heavy atom. The smallest absolute Gasteiger partial charge is 0.303 e. The minimum atomic E-state index is -0.701. The van der Waals surface area contributed by atoms with E-state index >= 15 is 0 Å². The summed E-state index contributed by atoms with van der Waals surface area (Å²) in [6, 6.07) is 0. The zero-order valence-electron chi connectivity index (χ0n) is 17.3. The number of Topliss-reactive ketones (excluding diaryl/α,β-unsaturated/α-hetero) is 1. The van der Waals surface area contributed by atoms with Crippen molar-refractivity contribution in [3.63, 3.8) is 0 Å². The van der Waals surface area contributed by atoms with Gasteiger partial charge in [0, 0.05) is 18.3 Å². The molecule has 4 heteroatoms. The lowest BCUT2D eigenvalue weighted by molar-refractivity contribution is -0.139. The van der Waals surface area contributed by atoms with Crippen LogP contribution in [-0.4, -0.2) is 22.6 Å². The van der Waals surface area contributed by atoms with Crippen molar-refractivity contribution in [2.24, 2.45) is 40.4 Å². The van der Waals surface area contributed by atoms with Crippen molar-refractivity contribution in [1.82, 2.24) is 0 Å². The molecule has 4 aliphatic rings. The molecule has 0 aromatic carbocycles. The maximum atomic E-state index is 12.3. The summed E-state index contributed by atoms with van der Waals surface area (Å²) >= 11 is 0. The van der Waals surface area contributed by atoms with Crippen LogP contribution in [0.5, 0.6) is 0 Å². The zero-order valence-corrected chi connectivity index (χ0v) is 17.3.